The van der Waals surface area contributed by atoms with Crippen LogP contribution < -0.4 is 4.80 Å². The van der Waals surface area contributed by atoms with E-state index in [0.29, 0.717) is 13.1 Å². The zero-order chi connectivity index (χ0) is 25.9. The highest BCUT2D eigenvalue weighted by molar-refractivity contribution is 7.89. The first-order valence-electron chi connectivity index (χ1n) is 11.0. The van der Waals surface area contributed by atoms with Crippen molar-refractivity contribution in [2.24, 2.45) is 16.8 Å². The fraction of sp³-hybridized carbons (Fsp3) is 0.360. The number of hydrogen-bond acceptors (Lipinski definition) is 4. The number of sulfonamides is 1. The quantitative estimate of drug-likeness (QED) is 0.407. The van der Waals surface area contributed by atoms with Gasteiger partial charge in [-0.05, 0) is 42.2 Å². The monoisotopic (exact) mass is 519 g/mol. The molecule has 1 heterocycles. The second-order valence-corrected chi connectivity index (χ2v) is 11.9. The summed E-state index contributed by atoms with van der Waals surface area (Å²) >= 11 is 0.935. The molecular formula is C25H27F2N3O3S2. The van der Waals surface area contributed by atoms with Crippen LogP contribution in [0.2, 0.25) is 0 Å². The lowest BCUT2D eigenvalue weighted by atomic mass is 10.2. The van der Waals surface area contributed by atoms with Crippen molar-refractivity contribution >= 4 is 37.5 Å². The molecule has 0 spiro atoms. The number of amides is 1. The molecule has 0 saturated carbocycles. The summed E-state index contributed by atoms with van der Waals surface area (Å²) < 4.78 is 57.4. The predicted molar refractivity (Wildman–Crippen MR) is 133 cm³/mol. The summed E-state index contributed by atoms with van der Waals surface area (Å²) in [6.07, 6.45) is 5.39. The third-order valence-electron chi connectivity index (χ3n) is 5.02. The molecular weight excluding hydrogens is 492 g/mol. The minimum absolute atomic E-state index is 0.0621. The van der Waals surface area contributed by atoms with E-state index in [1.165, 1.54) is 33.1 Å². The Balaban J connectivity index is 1.98. The van der Waals surface area contributed by atoms with Gasteiger partial charge in [-0.1, -0.05) is 45.0 Å². The van der Waals surface area contributed by atoms with Crippen LogP contribution in [-0.2, 0) is 16.6 Å². The Morgan fingerprint density at radius 1 is 1.11 bits per heavy atom. The number of benzene rings is 2. The number of carbonyl (C=O) groups excluding carboxylic acids is 1. The van der Waals surface area contributed by atoms with Crippen molar-refractivity contribution in [2.45, 2.75) is 39.1 Å². The molecule has 0 aliphatic rings. The molecule has 0 aliphatic heterocycles. The molecule has 0 atom stereocenters. The minimum Gasteiger partial charge on any atom is -0.302 e. The van der Waals surface area contributed by atoms with Gasteiger partial charge in [-0.25, -0.2) is 17.2 Å². The molecule has 3 aromatic rings. The van der Waals surface area contributed by atoms with E-state index in [9.17, 15) is 22.0 Å². The van der Waals surface area contributed by atoms with Crippen LogP contribution in [0.3, 0.4) is 0 Å². The third-order valence-corrected chi connectivity index (χ3v) is 7.89. The van der Waals surface area contributed by atoms with Gasteiger partial charge < -0.3 is 4.57 Å². The smallest absolute Gasteiger partial charge is 0.279 e. The molecule has 186 valence electrons. The van der Waals surface area contributed by atoms with Crippen molar-refractivity contribution in [3.8, 4) is 12.3 Å². The zero-order valence-corrected chi connectivity index (χ0v) is 21.6. The van der Waals surface area contributed by atoms with Crippen LogP contribution in [0.1, 0.15) is 38.1 Å². The van der Waals surface area contributed by atoms with E-state index in [2.05, 4.69) is 10.9 Å². The molecule has 0 saturated heterocycles. The predicted octanol–water partition coefficient (Wildman–Crippen LogP) is 4.66. The van der Waals surface area contributed by atoms with E-state index in [1.54, 1.807) is 0 Å². The van der Waals surface area contributed by atoms with Crippen LogP contribution in [0.15, 0.2) is 46.3 Å². The molecule has 6 nitrogen and oxygen atoms in total. The molecule has 3 rings (SSSR count). The lowest BCUT2D eigenvalue weighted by molar-refractivity contribution is 0.0997. The van der Waals surface area contributed by atoms with Gasteiger partial charge in [0.05, 0.1) is 21.7 Å². The van der Waals surface area contributed by atoms with Crippen molar-refractivity contribution in [1.82, 2.24) is 8.87 Å². The average molecular weight is 520 g/mol. The number of terminal acetylenes is 1. The van der Waals surface area contributed by atoms with Gasteiger partial charge in [0.15, 0.2) is 10.6 Å². The molecule has 2 aromatic carbocycles. The normalized spacial score (nSPS) is 12.7. The topological polar surface area (TPSA) is 71.7 Å². The van der Waals surface area contributed by atoms with Crippen LogP contribution in [0, 0.1) is 35.8 Å². The van der Waals surface area contributed by atoms with Crippen LogP contribution in [0.5, 0.6) is 0 Å². The van der Waals surface area contributed by atoms with Crippen molar-refractivity contribution in [1.29, 1.82) is 0 Å². The van der Waals surface area contributed by atoms with Gasteiger partial charge in [-0.3, -0.25) is 4.79 Å². The van der Waals surface area contributed by atoms with Crippen molar-refractivity contribution in [3.05, 3.63) is 58.4 Å². The zero-order valence-electron chi connectivity index (χ0n) is 20.0. The van der Waals surface area contributed by atoms with Crippen LogP contribution in [-0.4, -0.2) is 36.3 Å². The Hall–Kier alpha value is -2.87. The lowest BCUT2D eigenvalue weighted by Gasteiger charge is -2.25. The van der Waals surface area contributed by atoms with E-state index in [4.69, 9.17) is 6.42 Å². The van der Waals surface area contributed by atoms with E-state index < -0.39 is 27.6 Å². The second kappa shape index (κ2) is 10.8. The number of aromatic nitrogens is 1. The summed E-state index contributed by atoms with van der Waals surface area (Å²) in [6.45, 7) is 8.51. The Labute approximate surface area is 208 Å². The highest BCUT2D eigenvalue weighted by Crippen LogP contribution is 2.23. The summed E-state index contributed by atoms with van der Waals surface area (Å²) in [5.74, 6) is 0.477. The number of thiazole rings is 1. The van der Waals surface area contributed by atoms with Gasteiger partial charge in [-0.2, -0.15) is 9.30 Å². The number of halogens is 2. The number of fused-ring (bicyclic) bond motifs is 1. The number of hydrogen-bond donors (Lipinski definition) is 0. The van der Waals surface area contributed by atoms with Gasteiger partial charge in [0.1, 0.15) is 5.82 Å². The summed E-state index contributed by atoms with van der Waals surface area (Å²) in [7, 11) is -3.74. The number of nitrogens with zero attached hydrogens (tertiary/aromatic N) is 3. The Kier molecular flexibility index (Phi) is 8.26. The van der Waals surface area contributed by atoms with Gasteiger partial charge in [0.25, 0.3) is 5.91 Å². The molecule has 0 unspecified atom stereocenters. The molecule has 1 aromatic heterocycles. The lowest BCUT2D eigenvalue weighted by Crippen LogP contribution is -2.37. The molecule has 0 bridgehead atoms. The fourth-order valence-corrected chi connectivity index (χ4v) is 6.44. The first kappa shape index (κ1) is 26.7. The molecule has 0 fully saturated rings. The fourth-order valence-electron chi connectivity index (χ4n) is 3.61. The summed E-state index contributed by atoms with van der Waals surface area (Å²) in [5, 5.41) is 0. The summed E-state index contributed by atoms with van der Waals surface area (Å²) in [6, 6.07) is 7.43. The van der Waals surface area contributed by atoms with Gasteiger partial charge in [0, 0.05) is 24.7 Å². The Morgan fingerprint density at radius 2 is 1.71 bits per heavy atom. The first-order chi connectivity index (χ1) is 16.4. The maximum absolute atomic E-state index is 14.4. The molecule has 0 radical (unpaired) electrons. The highest BCUT2D eigenvalue weighted by Gasteiger charge is 2.26. The van der Waals surface area contributed by atoms with Crippen LogP contribution in [0.4, 0.5) is 8.78 Å². The Morgan fingerprint density at radius 3 is 2.26 bits per heavy atom. The van der Waals surface area contributed by atoms with Crippen LogP contribution >= 0.6 is 11.3 Å². The van der Waals surface area contributed by atoms with Crippen molar-refractivity contribution < 1.29 is 22.0 Å². The first-order valence-corrected chi connectivity index (χ1v) is 13.3. The van der Waals surface area contributed by atoms with Gasteiger partial charge >= 0.3 is 0 Å². The van der Waals surface area contributed by atoms with E-state index in [1.807, 2.05) is 27.7 Å². The van der Waals surface area contributed by atoms with E-state index >= 15 is 0 Å². The van der Waals surface area contributed by atoms with Crippen molar-refractivity contribution in [3.63, 3.8) is 0 Å². The van der Waals surface area contributed by atoms with E-state index in [-0.39, 0.29) is 43.9 Å². The number of carbonyl (C=O) groups is 1. The van der Waals surface area contributed by atoms with E-state index in [0.717, 1.165) is 23.5 Å². The minimum atomic E-state index is -3.74. The second-order valence-electron chi connectivity index (χ2n) is 8.96. The molecule has 0 aliphatic carbocycles. The maximum atomic E-state index is 14.4. The standard InChI is InChI=1S/C25H27F2N3O3S2/c1-6-11-30-23-21(27)12-19(26)13-22(23)34-25(30)28-24(31)18-7-9-20(10-8-18)35(32,33)29(14-16(2)3)15-17(4)5/h1,7-10,12-13,16-17H,11,14-15H2,2-5H3. The molecule has 1 amide bonds. The van der Waals surface area contributed by atoms with Gasteiger partial charge in [-0.15, -0.1) is 6.42 Å². The maximum Gasteiger partial charge on any atom is 0.279 e. The van der Waals surface area contributed by atoms with Crippen molar-refractivity contribution in [2.75, 3.05) is 13.1 Å². The largest absolute Gasteiger partial charge is 0.302 e. The number of rotatable bonds is 8. The SMILES string of the molecule is C#CCn1c(=NC(=O)c2ccc(S(=O)(=O)N(CC(C)C)CC(C)C)cc2)sc2cc(F)cc(F)c21. The Bertz CT molecular complexity index is 1440. The highest BCUT2D eigenvalue weighted by atomic mass is 32.2. The molecule has 0 N–H and O–H groups in total. The summed E-state index contributed by atoms with van der Waals surface area (Å²) in [4.78, 5) is 17.1. The average Bonchev–Trinajstić information content (AvgIpc) is 3.09. The summed E-state index contributed by atoms with van der Waals surface area (Å²) in [5.41, 5.74) is 0.220. The van der Waals surface area contributed by atoms with Gasteiger partial charge in [0.2, 0.25) is 10.0 Å². The van der Waals surface area contributed by atoms with Crippen LogP contribution in [0.25, 0.3) is 10.2 Å². The molecule has 10 heteroatoms. The molecule has 35 heavy (non-hydrogen) atoms. The third kappa shape index (κ3) is 6.04.